The van der Waals surface area contributed by atoms with Gasteiger partial charge >= 0.3 is 0 Å². The highest BCUT2D eigenvalue weighted by Crippen LogP contribution is 2.38. The maximum Gasteiger partial charge on any atom is 0.247 e. The van der Waals surface area contributed by atoms with Crippen molar-refractivity contribution in [3.05, 3.63) is 386 Å². The van der Waals surface area contributed by atoms with Crippen molar-refractivity contribution < 1.29 is 0 Å². The number of benzene rings is 16. The molecule has 0 spiro atoms. The Labute approximate surface area is 630 Å². The molecule has 0 saturated heterocycles. The van der Waals surface area contributed by atoms with E-state index in [-0.39, 0.29) is 26.9 Å². The zero-order chi connectivity index (χ0) is 71.8. The van der Waals surface area contributed by atoms with Gasteiger partial charge in [0.2, 0.25) is 26.9 Å². The first-order chi connectivity index (χ1) is 53.3. The number of hydrogen-bond donors (Lipinski definition) is 0. The summed E-state index contributed by atoms with van der Waals surface area (Å²) < 4.78 is 9.85. The van der Waals surface area contributed by atoms with Crippen LogP contribution in [0.25, 0.3) is 110 Å². The van der Waals surface area contributed by atoms with Crippen molar-refractivity contribution in [3.8, 4) is 22.7 Å². The van der Waals surface area contributed by atoms with E-state index in [1.807, 2.05) is 0 Å². The summed E-state index contributed by atoms with van der Waals surface area (Å²) >= 11 is 0. The van der Waals surface area contributed by atoms with Crippen LogP contribution in [-0.4, -0.2) is 45.1 Å². The summed E-state index contributed by atoms with van der Waals surface area (Å²) in [4.78, 5) is 0. The van der Waals surface area contributed by atoms with Crippen LogP contribution >= 0.6 is 0 Å². The van der Waals surface area contributed by atoms with Crippen molar-refractivity contribution in [2.75, 3.05) is 0 Å². The van der Waals surface area contributed by atoms with Crippen LogP contribution in [0.4, 0.5) is 0 Å². The van der Waals surface area contributed by atoms with Crippen LogP contribution in [0.2, 0.25) is 0 Å². The minimum absolute atomic E-state index is 0.265. The van der Waals surface area contributed by atoms with Crippen molar-refractivity contribution >= 4 is 180 Å². The fraction of sp³-hybridized carbons (Fsp3) is 0.0400. The number of nitrogens with zero attached hydrogens (tertiary/aromatic N) is 4. The molecule has 20 aromatic rings. The van der Waals surface area contributed by atoms with Crippen LogP contribution in [0.15, 0.2) is 364 Å². The molecule has 4 nitrogen and oxygen atoms in total. The Kier molecular flexibility index (Phi) is 14.9. The second-order valence-corrected chi connectivity index (χ2v) is 29.9. The van der Waals surface area contributed by atoms with Gasteiger partial charge in [0.05, 0.1) is 22.1 Å². The highest BCUT2D eigenvalue weighted by atomic mass is 15.0. The van der Waals surface area contributed by atoms with Crippen LogP contribution in [0.5, 0.6) is 0 Å². The molecule has 4 aromatic heterocycles. The van der Waals surface area contributed by atoms with E-state index in [4.69, 9.17) is 0 Å². The molecule has 0 atom stereocenters. The fourth-order valence-corrected chi connectivity index (χ4v) is 19.3. The van der Waals surface area contributed by atoms with Gasteiger partial charge in [-0.05, 0) is 120 Å². The molecule has 0 amide bonds. The normalized spacial score (nSPS) is 12.6. The second-order valence-electron chi connectivity index (χ2n) is 29.9. The molecule has 16 aromatic carbocycles. The molecule has 0 bridgehead atoms. The molecule has 4 aliphatic heterocycles. The largest absolute Gasteiger partial charge is 0.310 e. The molecular formula is C100H72B4N4. The predicted molar refractivity (Wildman–Crippen MR) is 466 cm³/mol. The predicted octanol–water partition coefficient (Wildman–Crippen LogP) is 15.7. The number of aromatic nitrogens is 4. The van der Waals surface area contributed by atoms with Crippen molar-refractivity contribution in [1.82, 2.24) is 18.3 Å². The van der Waals surface area contributed by atoms with Crippen molar-refractivity contribution in [2.45, 2.75) is 27.7 Å². The average Bonchev–Trinajstić information content (AvgIpc) is 1.54. The summed E-state index contributed by atoms with van der Waals surface area (Å²) in [6.45, 7) is 9.87. The van der Waals surface area contributed by atoms with Gasteiger partial charge in [0.15, 0.2) is 0 Å². The van der Waals surface area contributed by atoms with Gasteiger partial charge in [0.1, 0.15) is 0 Å². The average molecular weight is 1370 g/mol. The summed E-state index contributed by atoms with van der Waals surface area (Å²) in [6, 6.07) is 133. The molecule has 8 heteroatoms. The molecule has 0 N–H and O–H groups in total. The Hall–Kier alpha value is -13.0. The van der Waals surface area contributed by atoms with Crippen molar-refractivity contribution in [1.29, 1.82) is 0 Å². The lowest BCUT2D eigenvalue weighted by Gasteiger charge is -2.28. The fourth-order valence-electron chi connectivity index (χ4n) is 19.3. The third-order valence-corrected chi connectivity index (χ3v) is 23.9. The summed E-state index contributed by atoms with van der Waals surface area (Å²) in [6.07, 6.45) is 0. The first kappa shape index (κ1) is 63.5. The molecule has 8 heterocycles. The molecule has 0 fully saturated rings. The first-order valence-electron chi connectivity index (χ1n) is 38.0. The lowest BCUT2D eigenvalue weighted by molar-refractivity contribution is 1.19. The van der Waals surface area contributed by atoms with Crippen molar-refractivity contribution in [2.24, 2.45) is 0 Å². The standard InChI is InChI=1S/4C25H18BN/c1-17-9-2-4-12-20(17)26-21-13-5-7-16-24(21)27-23-15-6-3-10-18(23)19-11-8-14-22(26)25(19)27;1-17-8-6-9-18(16-17)26-21-12-3-5-15-24(21)27-23-14-4-2-10-19(23)20-11-7-13-22(26)25(20)27;1-17-13-15-18(16-14-17)26-21-9-3-5-12-24(21)27-23-11-4-2-7-19(23)20-8-6-10-22(26)25(20)27;1-17-15-16-20-19-11-5-7-13-22(19)27-23-14-8-6-12-21(23)26(24(17)25(20)27)18-9-3-2-4-10-18/h4*2-16H,1H3. The molecular weight excluding hydrogens is 1300 g/mol. The minimum atomic E-state index is 0.265. The van der Waals surface area contributed by atoms with Crippen LogP contribution in [-0.2, 0) is 0 Å². The quantitative estimate of drug-likeness (QED) is 0.157. The Bertz CT molecular complexity index is 7030. The van der Waals surface area contributed by atoms with E-state index in [9.17, 15) is 0 Å². The lowest BCUT2D eigenvalue weighted by Crippen LogP contribution is -2.56. The monoisotopic (exact) mass is 1370 g/mol. The number of rotatable bonds is 4. The summed E-state index contributed by atoms with van der Waals surface area (Å²) in [5.74, 6) is 0. The number of para-hydroxylation sites is 11. The van der Waals surface area contributed by atoms with Gasteiger partial charge in [-0.2, -0.15) is 0 Å². The molecule has 0 unspecified atom stereocenters. The topological polar surface area (TPSA) is 19.7 Å². The smallest absolute Gasteiger partial charge is 0.247 e. The molecule has 0 radical (unpaired) electrons. The zero-order valence-corrected chi connectivity index (χ0v) is 60.7. The maximum atomic E-state index is 2.47. The third kappa shape index (κ3) is 9.69. The molecule has 0 saturated carbocycles. The van der Waals surface area contributed by atoms with Crippen LogP contribution in [0.1, 0.15) is 22.3 Å². The van der Waals surface area contributed by atoms with Crippen LogP contribution in [0, 0.1) is 27.7 Å². The number of aryl methyl sites for hydroxylation is 4. The van der Waals surface area contributed by atoms with E-state index < -0.39 is 0 Å². The van der Waals surface area contributed by atoms with E-state index in [1.165, 1.54) is 198 Å². The summed E-state index contributed by atoms with van der Waals surface area (Å²) in [5.41, 5.74) is 37.7. The van der Waals surface area contributed by atoms with Gasteiger partial charge < -0.3 is 18.3 Å². The molecule has 24 rings (SSSR count). The van der Waals surface area contributed by atoms with E-state index in [2.05, 4.69) is 410 Å². The van der Waals surface area contributed by atoms with Crippen LogP contribution < -0.4 is 65.6 Å². The zero-order valence-electron chi connectivity index (χ0n) is 60.7. The molecule has 0 aliphatic carbocycles. The Morgan fingerprint density at radius 3 is 0.972 bits per heavy atom. The van der Waals surface area contributed by atoms with Gasteiger partial charge in [-0.3, -0.25) is 0 Å². The molecule has 4 aliphatic rings. The second kappa shape index (κ2) is 25.4. The highest BCUT2D eigenvalue weighted by Gasteiger charge is 2.38. The van der Waals surface area contributed by atoms with Crippen LogP contribution in [0.3, 0.4) is 0 Å². The van der Waals surface area contributed by atoms with E-state index in [1.54, 1.807) is 0 Å². The molecule has 108 heavy (non-hydrogen) atoms. The highest BCUT2D eigenvalue weighted by molar-refractivity contribution is 7.00. The Morgan fingerprint density at radius 1 is 0.185 bits per heavy atom. The summed E-state index contributed by atoms with van der Waals surface area (Å²) in [7, 11) is 0. The first-order valence-corrected chi connectivity index (χ1v) is 38.0. The maximum absolute atomic E-state index is 2.47. The minimum Gasteiger partial charge on any atom is -0.310 e. The van der Waals surface area contributed by atoms with Gasteiger partial charge in [-0.25, -0.2) is 0 Å². The number of fused-ring (bicyclic) bond motifs is 20. The van der Waals surface area contributed by atoms with Gasteiger partial charge in [-0.1, -0.05) is 360 Å². The van der Waals surface area contributed by atoms with Crippen molar-refractivity contribution in [3.63, 3.8) is 0 Å². The Balaban J connectivity index is 0.0000000919. The van der Waals surface area contributed by atoms with E-state index in [0.29, 0.717) is 0 Å². The Morgan fingerprint density at radius 2 is 0.509 bits per heavy atom. The SMILES string of the molecule is Cc1ccc(B2c3ccccc3-n3c4ccccc4c4cccc2c43)cc1.Cc1ccc2c3ccccc3n3c2c1B(c1ccccc1)c1ccccc1-3.Cc1cccc(B2c3ccccc3-n3c4ccccc4c4cccc2c43)c1.Cc1ccccc1B1c2ccccc2-n2c3ccccc3c3cccc1c32. The van der Waals surface area contributed by atoms with Gasteiger partial charge in [-0.15, -0.1) is 0 Å². The van der Waals surface area contributed by atoms with E-state index in [0.717, 1.165) is 0 Å². The van der Waals surface area contributed by atoms with E-state index >= 15 is 0 Å². The number of hydrogen-bond acceptors (Lipinski definition) is 0. The third-order valence-electron chi connectivity index (χ3n) is 23.9. The van der Waals surface area contributed by atoms with Gasteiger partial charge in [0, 0.05) is 87.9 Å². The lowest BCUT2D eigenvalue weighted by atomic mass is 9.35. The van der Waals surface area contributed by atoms with Gasteiger partial charge in [0.25, 0.3) is 0 Å². The summed E-state index contributed by atoms with van der Waals surface area (Å²) in [5, 5.41) is 10.7. The molecule has 504 valence electrons.